The van der Waals surface area contributed by atoms with Crippen molar-refractivity contribution >= 4 is 5.91 Å². The second-order valence-electron chi connectivity index (χ2n) is 5.79. The van der Waals surface area contributed by atoms with Crippen molar-refractivity contribution in [3.8, 4) is 5.75 Å². The quantitative estimate of drug-likeness (QED) is 0.682. The van der Waals surface area contributed by atoms with Gasteiger partial charge in [0.1, 0.15) is 5.75 Å². The summed E-state index contributed by atoms with van der Waals surface area (Å²) in [6, 6.07) is 17.4. The lowest BCUT2D eigenvalue weighted by Crippen LogP contribution is -2.38. The van der Waals surface area contributed by atoms with Gasteiger partial charge in [0.2, 0.25) is 0 Å². The van der Waals surface area contributed by atoms with Gasteiger partial charge in [-0.15, -0.1) is 0 Å². The van der Waals surface area contributed by atoms with Crippen molar-refractivity contribution in [2.75, 3.05) is 19.7 Å². The van der Waals surface area contributed by atoms with Crippen LogP contribution in [0.5, 0.6) is 5.75 Å². The normalized spacial score (nSPS) is 10.7. The van der Waals surface area contributed by atoms with Crippen LogP contribution < -0.4 is 4.74 Å². The first kappa shape index (κ1) is 18.9. The van der Waals surface area contributed by atoms with Gasteiger partial charge in [-0.05, 0) is 23.6 Å². The van der Waals surface area contributed by atoms with E-state index in [2.05, 4.69) is 0 Å². The van der Waals surface area contributed by atoms with Crippen LogP contribution in [0.2, 0.25) is 0 Å². The standard InChI is InChI=1S/C20H23F2NO2/c1-2-12-23(14-19(21)22)20(24)15-25-18-11-7-6-10-17(18)13-16-8-4-3-5-9-16/h3-11,19H,2,12-15H2,1H3. The van der Waals surface area contributed by atoms with Crippen molar-refractivity contribution in [3.63, 3.8) is 0 Å². The van der Waals surface area contributed by atoms with Crippen molar-refractivity contribution in [3.05, 3.63) is 65.7 Å². The highest BCUT2D eigenvalue weighted by molar-refractivity contribution is 5.77. The Labute approximate surface area is 147 Å². The third-order valence-electron chi connectivity index (χ3n) is 3.77. The van der Waals surface area contributed by atoms with Crippen LogP contribution in [0.4, 0.5) is 8.78 Å². The van der Waals surface area contributed by atoms with Crippen molar-refractivity contribution in [2.45, 2.75) is 26.2 Å². The van der Waals surface area contributed by atoms with Gasteiger partial charge < -0.3 is 9.64 Å². The van der Waals surface area contributed by atoms with Crippen LogP contribution in [-0.4, -0.2) is 36.9 Å². The summed E-state index contributed by atoms with van der Waals surface area (Å²) >= 11 is 0. The number of rotatable bonds is 9. The number of hydrogen-bond donors (Lipinski definition) is 0. The summed E-state index contributed by atoms with van der Waals surface area (Å²) in [4.78, 5) is 13.3. The summed E-state index contributed by atoms with van der Waals surface area (Å²) in [5, 5.41) is 0. The second-order valence-corrected chi connectivity index (χ2v) is 5.79. The highest BCUT2D eigenvalue weighted by Gasteiger charge is 2.18. The largest absolute Gasteiger partial charge is 0.483 e. The molecule has 0 aliphatic heterocycles. The molecule has 0 atom stereocenters. The van der Waals surface area contributed by atoms with Gasteiger partial charge in [0.25, 0.3) is 12.3 Å². The Hall–Kier alpha value is -2.43. The molecule has 0 aromatic heterocycles. The minimum atomic E-state index is -2.54. The second kappa shape index (κ2) is 9.77. The van der Waals surface area contributed by atoms with E-state index in [0.717, 1.165) is 16.0 Å². The van der Waals surface area contributed by atoms with E-state index in [9.17, 15) is 13.6 Å². The van der Waals surface area contributed by atoms with E-state index < -0.39 is 18.9 Å². The maximum atomic E-state index is 12.6. The Kier molecular flexibility index (Phi) is 7.38. The molecule has 0 spiro atoms. The molecule has 3 nitrogen and oxygen atoms in total. The number of ether oxygens (including phenoxy) is 1. The van der Waals surface area contributed by atoms with E-state index in [4.69, 9.17) is 4.74 Å². The molecule has 0 radical (unpaired) electrons. The Balaban J connectivity index is 2.01. The zero-order chi connectivity index (χ0) is 18.1. The lowest BCUT2D eigenvalue weighted by Gasteiger charge is -2.22. The zero-order valence-corrected chi connectivity index (χ0v) is 14.3. The molecule has 0 unspecified atom stereocenters. The fourth-order valence-electron chi connectivity index (χ4n) is 2.59. The maximum Gasteiger partial charge on any atom is 0.260 e. The third-order valence-corrected chi connectivity index (χ3v) is 3.77. The lowest BCUT2D eigenvalue weighted by atomic mass is 10.0. The smallest absolute Gasteiger partial charge is 0.260 e. The fourth-order valence-corrected chi connectivity index (χ4v) is 2.59. The molecule has 5 heteroatoms. The number of benzene rings is 2. The van der Waals surface area contributed by atoms with Crippen molar-refractivity contribution in [1.29, 1.82) is 0 Å². The molecule has 0 bridgehead atoms. The predicted octanol–water partition coefficient (Wildman–Crippen LogP) is 4.16. The summed E-state index contributed by atoms with van der Waals surface area (Å²) in [7, 11) is 0. The number of para-hydroxylation sites is 1. The van der Waals surface area contributed by atoms with Crippen molar-refractivity contribution in [2.24, 2.45) is 0 Å². The van der Waals surface area contributed by atoms with E-state index in [1.807, 2.05) is 55.5 Å². The summed E-state index contributed by atoms with van der Waals surface area (Å²) in [6.07, 6.45) is -1.23. The first-order valence-corrected chi connectivity index (χ1v) is 8.40. The summed E-state index contributed by atoms with van der Waals surface area (Å²) in [5.41, 5.74) is 2.09. The molecular weight excluding hydrogens is 324 g/mol. The molecule has 0 aliphatic rings. The molecule has 1 amide bonds. The molecule has 0 N–H and O–H groups in total. The minimum absolute atomic E-state index is 0.238. The predicted molar refractivity (Wildman–Crippen MR) is 94.1 cm³/mol. The van der Waals surface area contributed by atoms with E-state index in [1.165, 1.54) is 0 Å². The molecule has 2 rings (SSSR count). The van der Waals surface area contributed by atoms with Gasteiger partial charge in [-0.25, -0.2) is 8.78 Å². The number of carbonyl (C=O) groups is 1. The molecule has 0 fully saturated rings. The van der Waals surface area contributed by atoms with Crippen LogP contribution in [0.25, 0.3) is 0 Å². The molecule has 0 heterocycles. The minimum Gasteiger partial charge on any atom is -0.483 e. The summed E-state index contributed by atoms with van der Waals surface area (Å²) in [5.74, 6) is 0.185. The molecule has 25 heavy (non-hydrogen) atoms. The van der Waals surface area contributed by atoms with E-state index >= 15 is 0 Å². The van der Waals surface area contributed by atoms with Crippen molar-refractivity contribution < 1.29 is 18.3 Å². The third kappa shape index (κ3) is 6.18. The highest BCUT2D eigenvalue weighted by atomic mass is 19.3. The lowest BCUT2D eigenvalue weighted by molar-refractivity contribution is -0.135. The van der Waals surface area contributed by atoms with Crippen LogP contribution >= 0.6 is 0 Å². The SMILES string of the molecule is CCCN(CC(F)F)C(=O)COc1ccccc1Cc1ccccc1. The number of amides is 1. The van der Waals surface area contributed by atoms with E-state index in [-0.39, 0.29) is 6.61 Å². The first-order valence-electron chi connectivity index (χ1n) is 8.40. The van der Waals surface area contributed by atoms with Gasteiger partial charge in [-0.3, -0.25) is 4.79 Å². The topological polar surface area (TPSA) is 29.5 Å². The fraction of sp³-hybridized carbons (Fsp3) is 0.350. The van der Waals surface area contributed by atoms with Crippen LogP contribution in [-0.2, 0) is 11.2 Å². The Morgan fingerprint density at radius 3 is 2.44 bits per heavy atom. The molecule has 134 valence electrons. The van der Waals surface area contributed by atoms with Gasteiger partial charge in [0, 0.05) is 13.0 Å². The van der Waals surface area contributed by atoms with Crippen molar-refractivity contribution in [1.82, 2.24) is 4.90 Å². The summed E-state index contributed by atoms with van der Waals surface area (Å²) in [6.45, 7) is 1.36. The van der Waals surface area contributed by atoms with Gasteiger partial charge >= 0.3 is 0 Å². The molecule has 0 aliphatic carbocycles. The van der Waals surface area contributed by atoms with Crippen LogP contribution in [0.1, 0.15) is 24.5 Å². The average molecular weight is 347 g/mol. The highest BCUT2D eigenvalue weighted by Crippen LogP contribution is 2.21. The number of nitrogens with zero attached hydrogens (tertiary/aromatic N) is 1. The molecule has 0 saturated carbocycles. The van der Waals surface area contributed by atoms with E-state index in [1.54, 1.807) is 6.07 Å². The van der Waals surface area contributed by atoms with E-state index in [0.29, 0.717) is 25.1 Å². The van der Waals surface area contributed by atoms with Gasteiger partial charge in [0.05, 0.1) is 6.54 Å². The number of halogens is 2. The zero-order valence-electron chi connectivity index (χ0n) is 14.3. The number of alkyl halides is 2. The van der Waals surface area contributed by atoms with Gasteiger partial charge in [0.15, 0.2) is 6.61 Å². The first-order chi connectivity index (χ1) is 12.1. The maximum absolute atomic E-state index is 12.6. The Morgan fingerprint density at radius 2 is 1.76 bits per heavy atom. The Morgan fingerprint density at radius 1 is 1.08 bits per heavy atom. The number of carbonyl (C=O) groups excluding carboxylic acids is 1. The van der Waals surface area contributed by atoms with Crippen LogP contribution in [0.15, 0.2) is 54.6 Å². The summed E-state index contributed by atoms with van der Waals surface area (Å²) < 4.78 is 30.9. The molecule has 2 aromatic carbocycles. The number of hydrogen-bond acceptors (Lipinski definition) is 2. The van der Waals surface area contributed by atoms with Gasteiger partial charge in [-0.1, -0.05) is 55.5 Å². The average Bonchev–Trinajstić information content (AvgIpc) is 2.61. The van der Waals surface area contributed by atoms with Crippen LogP contribution in [0, 0.1) is 0 Å². The van der Waals surface area contributed by atoms with Gasteiger partial charge in [-0.2, -0.15) is 0 Å². The molecule has 0 saturated heterocycles. The monoisotopic (exact) mass is 347 g/mol. The molecule has 2 aromatic rings. The molecular formula is C20H23F2NO2. The Bertz CT molecular complexity index is 662. The van der Waals surface area contributed by atoms with Crippen LogP contribution in [0.3, 0.4) is 0 Å².